The summed E-state index contributed by atoms with van der Waals surface area (Å²) in [5, 5.41) is 0. The predicted octanol–water partition coefficient (Wildman–Crippen LogP) is 4.24. The number of ether oxygens (including phenoxy) is 1. The quantitative estimate of drug-likeness (QED) is 0.341. The molecule has 4 heterocycles. The van der Waals surface area contributed by atoms with Gasteiger partial charge >= 0.3 is 6.01 Å². The topological polar surface area (TPSA) is 100 Å². The lowest BCUT2D eigenvalue weighted by Crippen LogP contribution is -2.50. The van der Waals surface area contributed by atoms with E-state index in [4.69, 9.17) is 9.72 Å². The lowest BCUT2D eigenvalue weighted by atomic mass is 9.84. The number of rotatable bonds is 9. The van der Waals surface area contributed by atoms with Gasteiger partial charge in [-0.2, -0.15) is 4.98 Å². The average Bonchev–Trinajstić information content (AvgIpc) is 3.69. The van der Waals surface area contributed by atoms with Gasteiger partial charge in [0.05, 0.1) is 23.3 Å². The van der Waals surface area contributed by atoms with Crippen molar-refractivity contribution in [2.75, 3.05) is 32.8 Å². The molecule has 1 aliphatic heterocycles. The summed E-state index contributed by atoms with van der Waals surface area (Å²) in [7, 11) is 0. The molecule has 2 aliphatic carbocycles. The van der Waals surface area contributed by atoms with Crippen molar-refractivity contribution in [1.82, 2.24) is 34.7 Å². The third-order valence-electron chi connectivity index (χ3n) is 8.38. The van der Waals surface area contributed by atoms with Gasteiger partial charge in [0.15, 0.2) is 0 Å². The minimum Gasteiger partial charge on any atom is -0.463 e. The number of imidazole rings is 1. The molecule has 7 rings (SSSR count). The van der Waals surface area contributed by atoms with E-state index in [9.17, 15) is 4.79 Å². The summed E-state index contributed by atoms with van der Waals surface area (Å²) in [4.78, 5) is 38.8. The van der Waals surface area contributed by atoms with Crippen molar-refractivity contribution < 1.29 is 9.53 Å². The van der Waals surface area contributed by atoms with Gasteiger partial charge in [-0.3, -0.25) is 14.7 Å². The Labute approximate surface area is 234 Å². The molecule has 1 N–H and O–H groups in total. The fourth-order valence-electron chi connectivity index (χ4n) is 5.55. The van der Waals surface area contributed by atoms with Crippen molar-refractivity contribution in [2.24, 2.45) is 11.8 Å². The van der Waals surface area contributed by atoms with Gasteiger partial charge in [-0.25, -0.2) is 9.97 Å². The highest BCUT2D eigenvalue weighted by Crippen LogP contribution is 2.30. The van der Waals surface area contributed by atoms with E-state index in [0.717, 1.165) is 79.4 Å². The van der Waals surface area contributed by atoms with Crippen molar-refractivity contribution in [3.05, 3.63) is 65.9 Å². The Kier molecular flexibility index (Phi) is 6.89. The Hall–Kier alpha value is -3.85. The van der Waals surface area contributed by atoms with Gasteiger partial charge in [0.25, 0.3) is 0 Å². The first kappa shape index (κ1) is 25.1. The zero-order valence-corrected chi connectivity index (χ0v) is 22.8. The molecule has 3 aromatic heterocycles. The monoisotopic (exact) mass is 537 g/mol. The summed E-state index contributed by atoms with van der Waals surface area (Å²) < 4.78 is 5.77. The average molecular weight is 538 g/mol. The highest BCUT2D eigenvalue weighted by Gasteiger charge is 2.31. The summed E-state index contributed by atoms with van der Waals surface area (Å²) in [5.41, 5.74) is 5.95. The maximum absolute atomic E-state index is 12.6. The fourth-order valence-corrected chi connectivity index (χ4v) is 5.55. The summed E-state index contributed by atoms with van der Waals surface area (Å²) in [6.07, 6.45) is 10.1. The maximum atomic E-state index is 12.6. The number of H-pyrrole nitrogens is 1. The third kappa shape index (κ3) is 5.70. The first-order valence-corrected chi connectivity index (χ1v) is 14.6. The molecular formula is C31H35N7O2. The highest BCUT2D eigenvalue weighted by atomic mass is 16.5. The van der Waals surface area contributed by atoms with Crippen molar-refractivity contribution in [3.8, 4) is 17.3 Å². The summed E-state index contributed by atoms with van der Waals surface area (Å²) >= 11 is 0. The molecular weight excluding hydrogens is 502 g/mol. The number of fused-ring (bicyclic) bond motifs is 1. The molecule has 2 saturated carbocycles. The van der Waals surface area contributed by atoms with E-state index in [0.29, 0.717) is 30.9 Å². The number of pyridine rings is 1. The number of carbonyl (C=O) groups is 1. The molecule has 3 aliphatic rings. The first-order chi connectivity index (χ1) is 19.7. The molecule has 0 atom stereocenters. The van der Waals surface area contributed by atoms with E-state index in [-0.39, 0.29) is 5.92 Å². The Morgan fingerprint density at radius 2 is 1.80 bits per heavy atom. The number of aromatic nitrogens is 5. The fraction of sp³-hybridized carbons (Fsp3) is 0.452. The van der Waals surface area contributed by atoms with Gasteiger partial charge in [0.2, 0.25) is 5.91 Å². The number of carbonyl (C=O) groups excluding carboxylic acids is 1. The van der Waals surface area contributed by atoms with Crippen LogP contribution >= 0.6 is 0 Å². The Morgan fingerprint density at radius 1 is 0.950 bits per heavy atom. The van der Waals surface area contributed by atoms with Crippen LogP contribution in [-0.2, 0) is 17.8 Å². The van der Waals surface area contributed by atoms with Gasteiger partial charge in [-0.1, -0.05) is 12.5 Å². The van der Waals surface area contributed by atoms with E-state index in [1.54, 1.807) is 6.20 Å². The maximum Gasteiger partial charge on any atom is 0.316 e. The van der Waals surface area contributed by atoms with Crippen LogP contribution in [0, 0.1) is 11.8 Å². The molecule has 0 radical (unpaired) electrons. The van der Waals surface area contributed by atoms with Crippen molar-refractivity contribution in [3.63, 3.8) is 0 Å². The van der Waals surface area contributed by atoms with Crippen LogP contribution in [0.3, 0.4) is 0 Å². The number of hydrogen-bond donors (Lipinski definition) is 1. The van der Waals surface area contributed by atoms with Gasteiger partial charge in [0.1, 0.15) is 5.82 Å². The van der Waals surface area contributed by atoms with Crippen LogP contribution in [0.25, 0.3) is 22.3 Å². The molecule has 1 amide bonds. The lowest BCUT2D eigenvalue weighted by Gasteiger charge is -2.38. The van der Waals surface area contributed by atoms with Crippen molar-refractivity contribution in [2.45, 2.75) is 45.1 Å². The van der Waals surface area contributed by atoms with E-state index < -0.39 is 0 Å². The van der Waals surface area contributed by atoms with Gasteiger partial charge in [-0.05, 0) is 67.5 Å². The highest BCUT2D eigenvalue weighted by molar-refractivity contribution is 5.81. The second-order valence-electron chi connectivity index (χ2n) is 11.5. The number of piperazine rings is 1. The first-order valence-electron chi connectivity index (χ1n) is 14.6. The van der Waals surface area contributed by atoms with Crippen LogP contribution in [0.5, 0.6) is 6.01 Å². The minimum atomic E-state index is 0.288. The Morgan fingerprint density at radius 3 is 2.60 bits per heavy atom. The van der Waals surface area contributed by atoms with Crippen LogP contribution in [0.4, 0.5) is 0 Å². The number of benzene rings is 1. The van der Waals surface area contributed by atoms with Crippen molar-refractivity contribution >= 4 is 16.9 Å². The Balaban J connectivity index is 0.983. The largest absolute Gasteiger partial charge is 0.463 e. The molecule has 40 heavy (non-hydrogen) atoms. The van der Waals surface area contributed by atoms with E-state index in [1.165, 1.54) is 24.8 Å². The molecule has 0 spiro atoms. The SMILES string of the molecule is O=C(C1CCC1)N1CCN(Cc2ccnc(Cc3nc4ccc(-c5ccnc(OCC6CC6)n5)cc4[nH]3)c2)CC1. The molecule has 9 nitrogen and oxygen atoms in total. The standard InChI is InChI=1S/C31H35N7O2/c39-30(23-2-1-3-23)38-14-12-37(13-15-38)19-22-8-10-32-25(16-22)18-29-34-27-7-6-24(17-28(27)35-29)26-9-11-33-31(36-26)40-20-21-4-5-21/h6-11,16-17,21,23H,1-5,12-15,18-20H2,(H,34,35). The zero-order chi connectivity index (χ0) is 26.9. The molecule has 206 valence electrons. The molecule has 9 heteroatoms. The molecule has 0 bridgehead atoms. The van der Waals surface area contributed by atoms with E-state index >= 15 is 0 Å². The van der Waals surface area contributed by atoms with Gasteiger partial charge in [0, 0.05) is 68.7 Å². The summed E-state index contributed by atoms with van der Waals surface area (Å²) in [6, 6.07) is 12.8. The second-order valence-corrected chi connectivity index (χ2v) is 11.5. The normalized spacial score (nSPS) is 18.1. The summed E-state index contributed by atoms with van der Waals surface area (Å²) in [5.74, 6) is 2.20. The molecule has 0 unspecified atom stereocenters. The third-order valence-corrected chi connectivity index (χ3v) is 8.38. The number of hydrogen-bond acceptors (Lipinski definition) is 7. The molecule has 1 aromatic carbocycles. The molecule has 3 fully saturated rings. The van der Waals surface area contributed by atoms with E-state index in [2.05, 4.69) is 47.9 Å². The minimum absolute atomic E-state index is 0.288. The Bertz CT molecular complexity index is 1500. The zero-order valence-electron chi connectivity index (χ0n) is 22.8. The van der Waals surface area contributed by atoms with Crippen LogP contribution < -0.4 is 4.74 Å². The smallest absolute Gasteiger partial charge is 0.316 e. The van der Waals surface area contributed by atoms with Crippen LogP contribution in [0.15, 0.2) is 48.8 Å². The summed E-state index contributed by atoms with van der Waals surface area (Å²) in [6.45, 7) is 5.07. The van der Waals surface area contributed by atoms with E-state index in [1.807, 2.05) is 24.4 Å². The number of nitrogens with one attached hydrogen (secondary N) is 1. The van der Waals surface area contributed by atoms with Crippen molar-refractivity contribution in [1.29, 1.82) is 0 Å². The number of nitrogens with zero attached hydrogens (tertiary/aromatic N) is 6. The lowest BCUT2D eigenvalue weighted by molar-refractivity contribution is -0.140. The predicted molar refractivity (Wildman–Crippen MR) is 152 cm³/mol. The second kappa shape index (κ2) is 11.0. The molecule has 4 aromatic rings. The van der Waals surface area contributed by atoms with Gasteiger partial charge in [-0.15, -0.1) is 0 Å². The van der Waals surface area contributed by atoms with Crippen LogP contribution in [-0.4, -0.2) is 73.4 Å². The van der Waals surface area contributed by atoms with Crippen LogP contribution in [0.1, 0.15) is 49.2 Å². The van der Waals surface area contributed by atoms with Gasteiger partial charge < -0.3 is 14.6 Å². The van der Waals surface area contributed by atoms with Crippen LogP contribution in [0.2, 0.25) is 0 Å². The number of amides is 1. The molecule has 1 saturated heterocycles. The number of aromatic amines is 1.